The van der Waals surface area contributed by atoms with E-state index in [2.05, 4.69) is 0 Å². The number of ether oxygens (including phenoxy) is 1. The number of nitrogens with zero attached hydrogens (tertiary/aromatic N) is 1. The first kappa shape index (κ1) is 14.0. The molecule has 1 aliphatic carbocycles. The second-order valence-corrected chi connectivity index (χ2v) is 5.07. The van der Waals surface area contributed by atoms with E-state index in [-0.39, 0.29) is 24.6 Å². The quantitative estimate of drug-likeness (QED) is 0.852. The first-order valence-electron chi connectivity index (χ1n) is 6.76. The van der Waals surface area contributed by atoms with Gasteiger partial charge in [-0.05, 0) is 25.0 Å². The van der Waals surface area contributed by atoms with Gasteiger partial charge in [-0.3, -0.25) is 0 Å². The lowest BCUT2D eigenvalue weighted by molar-refractivity contribution is 0.0181. The van der Waals surface area contributed by atoms with Gasteiger partial charge in [-0.2, -0.15) is 5.26 Å². The molecular weight excluding hydrogens is 243 g/mol. The van der Waals surface area contributed by atoms with Crippen LogP contribution in [0.5, 0.6) is 0 Å². The number of rotatable bonds is 3. The molecule has 4 heteroatoms. The molecule has 19 heavy (non-hydrogen) atoms. The standard InChI is InChI=1S/C15H19FN2O/c16-13-8-11(9-17)6-7-12(13)10-19-15-5-3-1-2-4-14(15)18/h6-8,14-15H,1-5,10,18H2. The van der Waals surface area contributed by atoms with Crippen LogP contribution in [0.15, 0.2) is 18.2 Å². The van der Waals surface area contributed by atoms with E-state index in [0.717, 1.165) is 25.7 Å². The molecule has 1 saturated carbocycles. The zero-order chi connectivity index (χ0) is 13.7. The van der Waals surface area contributed by atoms with Crippen molar-refractivity contribution in [2.45, 2.75) is 50.9 Å². The second kappa shape index (κ2) is 6.65. The van der Waals surface area contributed by atoms with Crippen LogP contribution in [0.3, 0.4) is 0 Å². The summed E-state index contributed by atoms with van der Waals surface area (Å²) in [6.07, 6.45) is 5.39. The number of hydrogen-bond donors (Lipinski definition) is 1. The van der Waals surface area contributed by atoms with Crippen LogP contribution in [0, 0.1) is 17.1 Å². The fourth-order valence-electron chi connectivity index (χ4n) is 2.44. The summed E-state index contributed by atoms with van der Waals surface area (Å²) < 4.78 is 19.5. The van der Waals surface area contributed by atoms with E-state index in [9.17, 15) is 4.39 Å². The topological polar surface area (TPSA) is 59.0 Å². The van der Waals surface area contributed by atoms with Gasteiger partial charge in [0.05, 0.1) is 24.3 Å². The van der Waals surface area contributed by atoms with Crippen LogP contribution in [0.1, 0.15) is 43.2 Å². The molecule has 0 aromatic heterocycles. The fourth-order valence-corrected chi connectivity index (χ4v) is 2.44. The molecule has 1 aromatic carbocycles. The molecule has 0 spiro atoms. The third kappa shape index (κ3) is 3.76. The average Bonchev–Trinajstić information content (AvgIpc) is 2.62. The summed E-state index contributed by atoms with van der Waals surface area (Å²) in [6.45, 7) is 0.218. The highest BCUT2D eigenvalue weighted by molar-refractivity contribution is 5.32. The predicted molar refractivity (Wildman–Crippen MR) is 70.8 cm³/mol. The molecule has 0 amide bonds. The minimum atomic E-state index is -0.388. The van der Waals surface area contributed by atoms with Crippen LogP contribution >= 0.6 is 0 Å². The van der Waals surface area contributed by atoms with Gasteiger partial charge >= 0.3 is 0 Å². The number of nitriles is 1. The lowest BCUT2D eigenvalue weighted by Crippen LogP contribution is -2.35. The molecule has 102 valence electrons. The van der Waals surface area contributed by atoms with E-state index in [1.807, 2.05) is 6.07 Å². The van der Waals surface area contributed by atoms with Gasteiger partial charge in [0.25, 0.3) is 0 Å². The van der Waals surface area contributed by atoms with E-state index in [4.69, 9.17) is 15.7 Å². The molecule has 2 unspecified atom stereocenters. The van der Waals surface area contributed by atoms with Crippen LogP contribution in [-0.4, -0.2) is 12.1 Å². The zero-order valence-corrected chi connectivity index (χ0v) is 10.9. The SMILES string of the molecule is N#Cc1ccc(COC2CCCCCC2N)c(F)c1. The summed E-state index contributed by atoms with van der Waals surface area (Å²) in [6, 6.07) is 6.42. The highest BCUT2D eigenvalue weighted by Crippen LogP contribution is 2.21. The van der Waals surface area contributed by atoms with Crippen molar-refractivity contribution >= 4 is 0 Å². The summed E-state index contributed by atoms with van der Waals surface area (Å²) >= 11 is 0. The van der Waals surface area contributed by atoms with Crippen LogP contribution in [0.2, 0.25) is 0 Å². The van der Waals surface area contributed by atoms with E-state index in [0.29, 0.717) is 11.1 Å². The molecule has 0 bridgehead atoms. The smallest absolute Gasteiger partial charge is 0.130 e. The Labute approximate surface area is 113 Å². The van der Waals surface area contributed by atoms with Gasteiger partial charge in [-0.1, -0.05) is 25.3 Å². The Balaban J connectivity index is 1.96. The zero-order valence-electron chi connectivity index (χ0n) is 10.9. The Kier molecular flexibility index (Phi) is 4.89. The van der Waals surface area contributed by atoms with Crippen molar-refractivity contribution in [3.05, 3.63) is 35.1 Å². The van der Waals surface area contributed by atoms with Gasteiger partial charge in [0.2, 0.25) is 0 Å². The van der Waals surface area contributed by atoms with Crippen LogP contribution in [0.4, 0.5) is 4.39 Å². The number of nitrogens with two attached hydrogens (primary N) is 1. The van der Waals surface area contributed by atoms with Crippen molar-refractivity contribution < 1.29 is 9.13 Å². The van der Waals surface area contributed by atoms with Crippen molar-refractivity contribution in [2.75, 3.05) is 0 Å². The van der Waals surface area contributed by atoms with Gasteiger partial charge in [0.15, 0.2) is 0 Å². The monoisotopic (exact) mass is 262 g/mol. The Morgan fingerprint density at radius 2 is 2.11 bits per heavy atom. The van der Waals surface area contributed by atoms with Gasteiger partial charge in [0.1, 0.15) is 5.82 Å². The van der Waals surface area contributed by atoms with Crippen LogP contribution in [-0.2, 0) is 11.3 Å². The Bertz CT molecular complexity index is 470. The first-order valence-corrected chi connectivity index (χ1v) is 6.76. The summed E-state index contributed by atoms with van der Waals surface area (Å²) in [4.78, 5) is 0. The van der Waals surface area contributed by atoms with Gasteiger partial charge in [-0.15, -0.1) is 0 Å². The van der Waals surface area contributed by atoms with Gasteiger partial charge in [0, 0.05) is 11.6 Å². The van der Waals surface area contributed by atoms with Gasteiger partial charge < -0.3 is 10.5 Å². The lowest BCUT2D eigenvalue weighted by Gasteiger charge is -2.22. The molecule has 0 aliphatic heterocycles. The van der Waals surface area contributed by atoms with Crippen molar-refractivity contribution in [3.63, 3.8) is 0 Å². The van der Waals surface area contributed by atoms with Crippen LogP contribution < -0.4 is 5.73 Å². The third-order valence-corrected chi connectivity index (χ3v) is 3.64. The average molecular weight is 262 g/mol. The van der Waals surface area contributed by atoms with Crippen molar-refractivity contribution in [1.29, 1.82) is 5.26 Å². The van der Waals surface area contributed by atoms with Crippen molar-refractivity contribution in [2.24, 2.45) is 5.73 Å². The summed E-state index contributed by atoms with van der Waals surface area (Å²) in [5.41, 5.74) is 6.87. The molecule has 3 nitrogen and oxygen atoms in total. The Hall–Kier alpha value is -1.44. The Morgan fingerprint density at radius 3 is 2.84 bits per heavy atom. The predicted octanol–water partition coefficient (Wildman–Crippen LogP) is 2.87. The van der Waals surface area contributed by atoms with E-state index >= 15 is 0 Å². The maximum Gasteiger partial charge on any atom is 0.130 e. The maximum atomic E-state index is 13.7. The first-order chi connectivity index (χ1) is 9.20. The molecule has 1 aliphatic rings. The molecule has 2 atom stereocenters. The van der Waals surface area contributed by atoms with Gasteiger partial charge in [-0.25, -0.2) is 4.39 Å². The molecule has 2 N–H and O–H groups in total. The molecule has 0 radical (unpaired) electrons. The minimum absolute atomic E-state index is 0.0116. The molecule has 1 aromatic rings. The normalized spacial score (nSPS) is 23.6. The Morgan fingerprint density at radius 1 is 1.32 bits per heavy atom. The third-order valence-electron chi connectivity index (χ3n) is 3.64. The summed E-state index contributed by atoms with van der Waals surface area (Å²) in [7, 11) is 0. The molecular formula is C15H19FN2O. The fraction of sp³-hybridized carbons (Fsp3) is 0.533. The van der Waals surface area contributed by atoms with E-state index in [1.54, 1.807) is 12.1 Å². The number of halogens is 1. The maximum absolute atomic E-state index is 13.7. The number of benzene rings is 1. The highest BCUT2D eigenvalue weighted by atomic mass is 19.1. The molecule has 0 saturated heterocycles. The van der Waals surface area contributed by atoms with Crippen molar-refractivity contribution in [1.82, 2.24) is 0 Å². The molecule has 0 heterocycles. The van der Waals surface area contributed by atoms with Crippen LogP contribution in [0.25, 0.3) is 0 Å². The highest BCUT2D eigenvalue weighted by Gasteiger charge is 2.21. The summed E-state index contributed by atoms with van der Waals surface area (Å²) in [5.74, 6) is -0.388. The lowest BCUT2D eigenvalue weighted by atomic mass is 10.1. The molecule has 2 rings (SSSR count). The largest absolute Gasteiger partial charge is 0.372 e. The van der Waals surface area contributed by atoms with E-state index < -0.39 is 0 Å². The minimum Gasteiger partial charge on any atom is -0.372 e. The molecule has 1 fully saturated rings. The number of hydrogen-bond acceptors (Lipinski definition) is 3. The summed E-state index contributed by atoms with van der Waals surface area (Å²) in [5, 5.41) is 8.69. The van der Waals surface area contributed by atoms with Crippen molar-refractivity contribution in [3.8, 4) is 6.07 Å². The second-order valence-electron chi connectivity index (χ2n) is 5.07. The van der Waals surface area contributed by atoms with E-state index in [1.165, 1.54) is 12.5 Å².